The van der Waals surface area contributed by atoms with Gasteiger partial charge in [-0.2, -0.15) is 0 Å². The van der Waals surface area contributed by atoms with Gasteiger partial charge in [0.05, 0.1) is 0 Å². The van der Waals surface area contributed by atoms with Crippen LogP contribution < -0.4 is 5.73 Å². The number of phenols is 1. The number of phenolic OH excluding ortho intramolecular Hbond substituents is 1. The quantitative estimate of drug-likeness (QED) is 0.819. The van der Waals surface area contributed by atoms with Gasteiger partial charge in [-0.3, -0.25) is 0 Å². The van der Waals surface area contributed by atoms with Crippen molar-refractivity contribution in [2.45, 2.75) is 24.2 Å². The van der Waals surface area contributed by atoms with E-state index in [0.29, 0.717) is 0 Å². The van der Waals surface area contributed by atoms with Gasteiger partial charge in [0.25, 0.3) is 0 Å². The molecule has 0 amide bonds. The SMILES string of the molecule is NCC1(c2cccc(F)c2O)CC(F)(F)C1. The Hall–Kier alpha value is -1.23. The largest absolute Gasteiger partial charge is 0.505 e. The van der Waals surface area contributed by atoms with Gasteiger partial charge in [-0.15, -0.1) is 0 Å². The molecule has 5 heteroatoms. The maximum Gasteiger partial charge on any atom is 0.250 e. The molecule has 1 aliphatic rings. The molecule has 3 N–H and O–H groups in total. The molecule has 0 saturated heterocycles. The number of benzene rings is 1. The molecule has 1 aliphatic carbocycles. The van der Waals surface area contributed by atoms with Crippen LogP contribution in [0.2, 0.25) is 0 Å². The van der Waals surface area contributed by atoms with Crippen LogP contribution in [-0.4, -0.2) is 17.6 Å². The lowest BCUT2D eigenvalue weighted by Gasteiger charge is -2.47. The molecule has 2 nitrogen and oxygen atoms in total. The number of hydrogen-bond acceptors (Lipinski definition) is 2. The van der Waals surface area contributed by atoms with Crippen LogP contribution in [0.5, 0.6) is 5.75 Å². The molecule has 0 radical (unpaired) electrons. The van der Waals surface area contributed by atoms with E-state index in [0.717, 1.165) is 6.07 Å². The number of hydrogen-bond donors (Lipinski definition) is 2. The summed E-state index contributed by atoms with van der Waals surface area (Å²) >= 11 is 0. The first-order chi connectivity index (χ1) is 7.40. The Morgan fingerprint density at radius 3 is 2.44 bits per heavy atom. The monoisotopic (exact) mass is 231 g/mol. The van der Waals surface area contributed by atoms with Crippen LogP contribution in [0.3, 0.4) is 0 Å². The van der Waals surface area contributed by atoms with Crippen molar-refractivity contribution in [3.63, 3.8) is 0 Å². The van der Waals surface area contributed by atoms with Gasteiger partial charge >= 0.3 is 0 Å². The molecule has 1 aromatic carbocycles. The van der Waals surface area contributed by atoms with Gasteiger partial charge in [-0.25, -0.2) is 13.2 Å². The number of nitrogens with two attached hydrogens (primary N) is 1. The van der Waals surface area contributed by atoms with Gasteiger partial charge in [0.1, 0.15) is 0 Å². The lowest BCUT2D eigenvalue weighted by atomic mass is 9.62. The highest BCUT2D eigenvalue weighted by molar-refractivity contribution is 5.42. The summed E-state index contributed by atoms with van der Waals surface area (Å²) in [5.74, 6) is -4.14. The molecular weight excluding hydrogens is 219 g/mol. The highest BCUT2D eigenvalue weighted by Crippen LogP contribution is 2.54. The molecule has 0 atom stereocenters. The Morgan fingerprint density at radius 1 is 1.31 bits per heavy atom. The summed E-state index contributed by atoms with van der Waals surface area (Å²) in [5, 5.41) is 9.52. The van der Waals surface area contributed by atoms with E-state index in [1.807, 2.05) is 0 Å². The third kappa shape index (κ3) is 1.55. The molecule has 0 aromatic heterocycles. The smallest absolute Gasteiger partial charge is 0.250 e. The summed E-state index contributed by atoms with van der Waals surface area (Å²) < 4.78 is 38.9. The molecule has 1 aromatic rings. The number of halogens is 3. The van der Waals surface area contributed by atoms with E-state index in [1.54, 1.807) is 0 Å². The zero-order chi connectivity index (χ0) is 12.0. The van der Waals surface area contributed by atoms with E-state index in [-0.39, 0.29) is 12.1 Å². The third-order valence-electron chi connectivity index (χ3n) is 3.14. The first kappa shape index (κ1) is 11.3. The van der Waals surface area contributed by atoms with E-state index in [9.17, 15) is 18.3 Å². The zero-order valence-corrected chi connectivity index (χ0v) is 8.51. The minimum atomic E-state index is -2.77. The molecule has 0 bridgehead atoms. The molecule has 1 saturated carbocycles. The molecule has 2 rings (SSSR count). The van der Waals surface area contributed by atoms with Crippen molar-refractivity contribution >= 4 is 0 Å². The molecule has 0 unspecified atom stereocenters. The highest BCUT2D eigenvalue weighted by atomic mass is 19.3. The van der Waals surface area contributed by atoms with E-state index in [1.165, 1.54) is 12.1 Å². The Balaban J connectivity index is 2.40. The number of aromatic hydroxyl groups is 1. The van der Waals surface area contributed by atoms with E-state index in [2.05, 4.69) is 0 Å². The van der Waals surface area contributed by atoms with Crippen molar-refractivity contribution in [2.75, 3.05) is 6.54 Å². The second kappa shape index (κ2) is 3.38. The van der Waals surface area contributed by atoms with Gasteiger partial charge in [0.15, 0.2) is 11.6 Å². The minimum absolute atomic E-state index is 0.0282. The molecule has 1 fully saturated rings. The zero-order valence-electron chi connectivity index (χ0n) is 8.51. The Kier molecular flexibility index (Phi) is 2.38. The number of rotatable bonds is 2. The standard InChI is InChI=1S/C11H12F3NO/c12-8-3-1-2-7(9(8)16)10(6-15)4-11(13,14)5-10/h1-3,16H,4-6,15H2. The molecule has 88 valence electrons. The number of alkyl halides is 2. The van der Waals surface area contributed by atoms with Gasteiger partial charge in [-0.1, -0.05) is 12.1 Å². The number of para-hydroxylation sites is 1. The fourth-order valence-corrected chi connectivity index (χ4v) is 2.33. The lowest BCUT2D eigenvalue weighted by Crippen LogP contribution is -2.53. The maximum absolute atomic E-state index is 13.1. The summed E-state index contributed by atoms with van der Waals surface area (Å²) in [6, 6.07) is 3.92. The van der Waals surface area contributed by atoms with Crippen molar-refractivity contribution in [2.24, 2.45) is 5.73 Å². The third-order valence-corrected chi connectivity index (χ3v) is 3.14. The summed E-state index contributed by atoms with van der Waals surface area (Å²) in [6.45, 7) is -0.0282. The molecular formula is C11H12F3NO. The predicted octanol–water partition coefficient (Wildman–Crippen LogP) is 2.16. The first-order valence-corrected chi connectivity index (χ1v) is 4.96. The van der Waals surface area contributed by atoms with Crippen LogP contribution in [0.4, 0.5) is 13.2 Å². The summed E-state index contributed by atoms with van der Waals surface area (Å²) in [6.07, 6.45) is -0.874. The van der Waals surface area contributed by atoms with Gasteiger partial charge in [0, 0.05) is 30.4 Å². The van der Waals surface area contributed by atoms with Gasteiger partial charge in [-0.05, 0) is 6.07 Å². The predicted molar refractivity (Wildman–Crippen MR) is 53.0 cm³/mol. The van der Waals surface area contributed by atoms with Gasteiger partial charge < -0.3 is 10.8 Å². The van der Waals surface area contributed by atoms with Gasteiger partial charge in [0.2, 0.25) is 5.92 Å². The van der Waals surface area contributed by atoms with Crippen LogP contribution in [0.15, 0.2) is 18.2 Å². The van der Waals surface area contributed by atoms with Crippen molar-refractivity contribution < 1.29 is 18.3 Å². The Morgan fingerprint density at radius 2 is 1.94 bits per heavy atom. The average molecular weight is 231 g/mol. The summed E-state index contributed by atoms with van der Waals surface area (Å²) in [5.41, 5.74) is 4.67. The normalized spacial score (nSPS) is 21.5. The lowest BCUT2D eigenvalue weighted by molar-refractivity contribution is -0.124. The molecule has 0 heterocycles. The molecule has 16 heavy (non-hydrogen) atoms. The minimum Gasteiger partial charge on any atom is -0.505 e. The van der Waals surface area contributed by atoms with Crippen LogP contribution >= 0.6 is 0 Å². The van der Waals surface area contributed by atoms with Crippen molar-refractivity contribution in [1.82, 2.24) is 0 Å². The molecule has 0 aliphatic heterocycles. The molecule has 0 spiro atoms. The van der Waals surface area contributed by atoms with Crippen LogP contribution in [0.25, 0.3) is 0 Å². The van der Waals surface area contributed by atoms with Crippen molar-refractivity contribution in [3.8, 4) is 5.75 Å². The fourth-order valence-electron chi connectivity index (χ4n) is 2.33. The van der Waals surface area contributed by atoms with Crippen molar-refractivity contribution in [1.29, 1.82) is 0 Å². The van der Waals surface area contributed by atoms with E-state index in [4.69, 9.17) is 5.73 Å². The topological polar surface area (TPSA) is 46.2 Å². The first-order valence-electron chi connectivity index (χ1n) is 4.96. The Labute approximate surface area is 90.9 Å². The van der Waals surface area contributed by atoms with E-state index >= 15 is 0 Å². The average Bonchev–Trinajstić information content (AvgIpc) is 2.18. The van der Waals surface area contributed by atoms with Crippen LogP contribution in [0.1, 0.15) is 18.4 Å². The second-order valence-electron chi connectivity index (χ2n) is 4.33. The Bertz CT molecular complexity index is 412. The van der Waals surface area contributed by atoms with E-state index < -0.39 is 35.7 Å². The fraction of sp³-hybridized carbons (Fsp3) is 0.455. The second-order valence-corrected chi connectivity index (χ2v) is 4.33. The summed E-state index contributed by atoms with van der Waals surface area (Å²) in [4.78, 5) is 0. The van der Waals surface area contributed by atoms with Crippen LogP contribution in [-0.2, 0) is 5.41 Å². The maximum atomic E-state index is 13.1. The highest BCUT2D eigenvalue weighted by Gasteiger charge is 2.57. The van der Waals surface area contributed by atoms with Crippen molar-refractivity contribution in [3.05, 3.63) is 29.6 Å². The summed E-state index contributed by atoms with van der Waals surface area (Å²) in [7, 11) is 0. The van der Waals surface area contributed by atoms with Crippen LogP contribution in [0, 0.1) is 5.82 Å².